The van der Waals surface area contributed by atoms with E-state index in [-0.39, 0.29) is 30.2 Å². The summed E-state index contributed by atoms with van der Waals surface area (Å²) in [5.74, 6) is -0.110. The van der Waals surface area contributed by atoms with Crippen molar-refractivity contribution < 1.29 is 19.4 Å². The Hall–Kier alpha value is -2.82. The number of esters is 1. The summed E-state index contributed by atoms with van der Waals surface area (Å²) >= 11 is 0. The molecule has 1 aliphatic rings. The number of phenols is 1. The van der Waals surface area contributed by atoms with Gasteiger partial charge in [0.05, 0.1) is 5.56 Å². The van der Waals surface area contributed by atoms with E-state index < -0.39 is 0 Å². The van der Waals surface area contributed by atoms with Gasteiger partial charge in [0.2, 0.25) is 5.91 Å². The molecule has 1 aliphatic heterocycles. The smallest absolute Gasteiger partial charge is 0.338 e. The molecule has 5 nitrogen and oxygen atoms in total. The Labute approximate surface area is 153 Å². The molecule has 2 N–H and O–H groups in total. The number of fused-ring (bicyclic) bond motifs is 1. The van der Waals surface area contributed by atoms with E-state index in [1.165, 1.54) is 0 Å². The zero-order valence-electron chi connectivity index (χ0n) is 15.0. The summed E-state index contributed by atoms with van der Waals surface area (Å²) < 4.78 is 5.00. The number of phenolic OH excluding ortho intramolecular Hbond substituents is 1. The number of anilines is 1. The van der Waals surface area contributed by atoms with E-state index >= 15 is 0 Å². The van der Waals surface area contributed by atoms with Crippen molar-refractivity contribution in [3.63, 3.8) is 0 Å². The Morgan fingerprint density at radius 2 is 2.00 bits per heavy atom. The van der Waals surface area contributed by atoms with Crippen molar-refractivity contribution in [3.05, 3.63) is 59.2 Å². The molecule has 26 heavy (non-hydrogen) atoms. The first-order chi connectivity index (χ1) is 12.4. The fourth-order valence-electron chi connectivity index (χ4n) is 3.26. The highest BCUT2D eigenvalue weighted by molar-refractivity contribution is 5.96. The molecule has 3 rings (SSSR count). The van der Waals surface area contributed by atoms with Gasteiger partial charge in [0.25, 0.3) is 0 Å². The van der Waals surface area contributed by atoms with Crippen LogP contribution in [0.2, 0.25) is 0 Å². The predicted octanol–water partition coefficient (Wildman–Crippen LogP) is 3.91. The van der Waals surface area contributed by atoms with E-state index in [9.17, 15) is 14.7 Å². The molecule has 2 aromatic carbocycles. The van der Waals surface area contributed by atoms with Crippen molar-refractivity contribution in [3.8, 4) is 5.75 Å². The number of hydrogen-bond acceptors (Lipinski definition) is 4. The molecule has 0 saturated heterocycles. The maximum Gasteiger partial charge on any atom is 0.338 e. The molecule has 136 valence electrons. The number of hydrogen-bond donors (Lipinski definition) is 2. The quantitative estimate of drug-likeness (QED) is 0.772. The van der Waals surface area contributed by atoms with Crippen molar-refractivity contribution in [2.75, 3.05) is 5.32 Å². The zero-order chi connectivity index (χ0) is 18.7. The summed E-state index contributed by atoms with van der Waals surface area (Å²) in [6.45, 7) is 4.39. The standard InChI is InChI=1S/C21H23NO4/c1-13(2)9-15(10-14-5-3-4-6-19(14)23)20(24)22-17-7-8-18-16(11-17)12-26-21(18)25/h3-8,11,13,15,23H,9-10,12H2,1-2H3,(H,22,24). The Morgan fingerprint density at radius 3 is 2.73 bits per heavy atom. The number of aromatic hydroxyl groups is 1. The minimum Gasteiger partial charge on any atom is -0.508 e. The fourth-order valence-corrected chi connectivity index (χ4v) is 3.26. The number of rotatable bonds is 6. The SMILES string of the molecule is CC(C)CC(Cc1ccccc1O)C(=O)Nc1ccc2c(c1)COC2=O. The van der Waals surface area contributed by atoms with E-state index in [1.54, 1.807) is 30.3 Å². The summed E-state index contributed by atoms with van der Waals surface area (Å²) in [6, 6.07) is 12.3. The topological polar surface area (TPSA) is 75.6 Å². The van der Waals surface area contributed by atoms with Gasteiger partial charge < -0.3 is 15.2 Å². The number of nitrogens with one attached hydrogen (secondary N) is 1. The van der Waals surface area contributed by atoms with Gasteiger partial charge >= 0.3 is 5.97 Å². The maximum atomic E-state index is 12.8. The first-order valence-electron chi connectivity index (χ1n) is 8.82. The zero-order valence-corrected chi connectivity index (χ0v) is 15.0. The molecule has 0 radical (unpaired) electrons. The highest BCUT2D eigenvalue weighted by Gasteiger charge is 2.24. The number of carbonyl (C=O) groups excluding carboxylic acids is 2. The fraction of sp³-hybridized carbons (Fsp3) is 0.333. The molecule has 1 amide bonds. The summed E-state index contributed by atoms with van der Waals surface area (Å²) in [5, 5.41) is 13.0. The van der Waals surface area contributed by atoms with Crippen molar-refractivity contribution in [1.29, 1.82) is 0 Å². The van der Waals surface area contributed by atoms with Gasteiger partial charge in [0.1, 0.15) is 12.4 Å². The van der Waals surface area contributed by atoms with E-state index in [4.69, 9.17) is 4.74 Å². The first-order valence-corrected chi connectivity index (χ1v) is 8.82. The summed E-state index contributed by atoms with van der Waals surface area (Å²) in [4.78, 5) is 24.4. The van der Waals surface area contributed by atoms with Crippen molar-refractivity contribution in [2.45, 2.75) is 33.3 Å². The molecule has 0 aromatic heterocycles. The van der Waals surface area contributed by atoms with Crippen molar-refractivity contribution in [1.82, 2.24) is 0 Å². The number of carbonyl (C=O) groups is 2. The van der Waals surface area contributed by atoms with Gasteiger partial charge in [-0.15, -0.1) is 0 Å². The highest BCUT2D eigenvalue weighted by Crippen LogP contribution is 2.26. The maximum absolute atomic E-state index is 12.8. The lowest BCUT2D eigenvalue weighted by Crippen LogP contribution is -2.26. The molecule has 0 fully saturated rings. The Kier molecular flexibility index (Phi) is 5.26. The number of para-hydroxylation sites is 1. The second-order valence-electron chi connectivity index (χ2n) is 7.10. The Bertz CT molecular complexity index is 829. The Balaban J connectivity index is 1.75. The number of cyclic esters (lactones) is 1. The van der Waals surface area contributed by atoms with Gasteiger partial charge in [-0.05, 0) is 48.6 Å². The number of benzene rings is 2. The minimum absolute atomic E-state index is 0.0906. The van der Waals surface area contributed by atoms with Crippen LogP contribution in [0.25, 0.3) is 0 Å². The monoisotopic (exact) mass is 353 g/mol. The molecule has 5 heteroatoms. The van der Waals surface area contributed by atoms with Crippen LogP contribution in [0.15, 0.2) is 42.5 Å². The van der Waals surface area contributed by atoms with E-state index in [2.05, 4.69) is 19.2 Å². The van der Waals surface area contributed by atoms with Gasteiger partial charge in [-0.1, -0.05) is 32.0 Å². The van der Waals surface area contributed by atoms with Crippen LogP contribution in [-0.2, 0) is 22.6 Å². The minimum atomic E-state index is -0.324. The van der Waals surface area contributed by atoms with Gasteiger partial charge in [-0.25, -0.2) is 4.79 Å². The molecule has 0 bridgehead atoms. The average molecular weight is 353 g/mol. The lowest BCUT2D eigenvalue weighted by Gasteiger charge is -2.19. The van der Waals surface area contributed by atoms with Gasteiger partial charge in [0, 0.05) is 17.2 Å². The van der Waals surface area contributed by atoms with Crippen LogP contribution >= 0.6 is 0 Å². The second kappa shape index (κ2) is 7.60. The van der Waals surface area contributed by atoms with Crippen molar-refractivity contribution >= 4 is 17.6 Å². The van der Waals surface area contributed by atoms with Gasteiger partial charge in [-0.3, -0.25) is 4.79 Å². The largest absolute Gasteiger partial charge is 0.508 e. The van der Waals surface area contributed by atoms with Crippen LogP contribution in [0.5, 0.6) is 5.75 Å². The normalized spacial score (nSPS) is 14.0. The third-order valence-electron chi connectivity index (χ3n) is 4.54. The van der Waals surface area contributed by atoms with Crippen LogP contribution < -0.4 is 5.32 Å². The third-order valence-corrected chi connectivity index (χ3v) is 4.54. The van der Waals surface area contributed by atoms with Crippen LogP contribution in [0.3, 0.4) is 0 Å². The molecule has 0 saturated carbocycles. The third kappa shape index (κ3) is 4.04. The predicted molar refractivity (Wildman–Crippen MR) is 98.9 cm³/mol. The average Bonchev–Trinajstić information content (AvgIpc) is 2.96. The molecular weight excluding hydrogens is 330 g/mol. The second-order valence-corrected chi connectivity index (χ2v) is 7.10. The molecule has 0 spiro atoms. The number of amides is 1. The summed E-state index contributed by atoms with van der Waals surface area (Å²) in [7, 11) is 0. The van der Waals surface area contributed by atoms with E-state index in [1.807, 2.05) is 12.1 Å². The molecule has 1 atom stereocenters. The molecular formula is C21H23NO4. The Morgan fingerprint density at radius 1 is 1.23 bits per heavy atom. The summed E-state index contributed by atoms with van der Waals surface area (Å²) in [5.41, 5.74) is 2.75. The molecule has 1 heterocycles. The molecule has 1 unspecified atom stereocenters. The summed E-state index contributed by atoms with van der Waals surface area (Å²) in [6.07, 6.45) is 1.19. The molecule has 2 aromatic rings. The van der Waals surface area contributed by atoms with Crippen LogP contribution in [0, 0.1) is 11.8 Å². The van der Waals surface area contributed by atoms with E-state index in [0.717, 1.165) is 11.1 Å². The van der Waals surface area contributed by atoms with Gasteiger partial charge in [0.15, 0.2) is 0 Å². The van der Waals surface area contributed by atoms with Crippen molar-refractivity contribution in [2.24, 2.45) is 11.8 Å². The molecule has 0 aliphatic carbocycles. The van der Waals surface area contributed by atoms with Crippen LogP contribution in [0.1, 0.15) is 41.8 Å². The van der Waals surface area contributed by atoms with Crippen LogP contribution in [0.4, 0.5) is 5.69 Å². The van der Waals surface area contributed by atoms with Crippen LogP contribution in [-0.4, -0.2) is 17.0 Å². The highest BCUT2D eigenvalue weighted by atomic mass is 16.5. The number of ether oxygens (including phenoxy) is 1. The lowest BCUT2D eigenvalue weighted by atomic mass is 9.89. The van der Waals surface area contributed by atoms with E-state index in [0.29, 0.717) is 30.0 Å². The van der Waals surface area contributed by atoms with Gasteiger partial charge in [-0.2, -0.15) is 0 Å². The lowest BCUT2D eigenvalue weighted by molar-refractivity contribution is -0.120. The first kappa shape index (κ1) is 18.0.